The maximum Gasteiger partial charge on any atom is 0.255 e. The van der Waals surface area contributed by atoms with Gasteiger partial charge in [-0.2, -0.15) is 0 Å². The molecule has 0 aromatic heterocycles. The van der Waals surface area contributed by atoms with Crippen LogP contribution in [-0.4, -0.2) is 49.7 Å². The smallest absolute Gasteiger partial charge is 0.255 e. The number of benzene rings is 3. The molecule has 36 heavy (non-hydrogen) atoms. The molecule has 0 spiro atoms. The minimum absolute atomic E-state index is 0.236. The highest BCUT2D eigenvalue weighted by Gasteiger charge is 2.15. The van der Waals surface area contributed by atoms with Crippen LogP contribution in [0.2, 0.25) is 0 Å². The van der Waals surface area contributed by atoms with E-state index in [4.69, 9.17) is 0 Å². The van der Waals surface area contributed by atoms with Gasteiger partial charge >= 0.3 is 0 Å². The Labute approximate surface area is 209 Å². The molecule has 0 aliphatic carbocycles. The number of aliphatic imine (C=N–C) groups is 2. The van der Waals surface area contributed by atoms with Gasteiger partial charge in [-0.3, -0.25) is 19.6 Å². The lowest BCUT2D eigenvalue weighted by Gasteiger charge is -2.11. The van der Waals surface area contributed by atoms with Crippen molar-refractivity contribution in [2.45, 2.75) is 13.8 Å². The summed E-state index contributed by atoms with van der Waals surface area (Å²) < 4.78 is 0. The van der Waals surface area contributed by atoms with Crippen molar-refractivity contribution < 1.29 is 9.59 Å². The molecule has 0 unspecified atom stereocenters. The van der Waals surface area contributed by atoms with Gasteiger partial charge in [0.1, 0.15) is 11.7 Å². The first-order chi connectivity index (χ1) is 17.5. The summed E-state index contributed by atoms with van der Waals surface area (Å²) in [6, 6.07) is 18.1. The Morgan fingerprint density at radius 1 is 0.667 bits per heavy atom. The molecule has 0 atom stereocenters. The van der Waals surface area contributed by atoms with Crippen LogP contribution in [0.3, 0.4) is 0 Å². The minimum Gasteiger partial charge on any atom is -0.368 e. The summed E-state index contributed by atoms with van der Waals surface area (Å²) >= 11 is 0. The van der Waals surface area contributed by atoms with Gasteiger partial charge in [-0.25, -0.2) is 0 Å². The SMILES string of the molecule is Cc1cc(NC(=O)c2ccc(C(=O)Nc3ccc(C4=NCCN4)c(C)c3)cc2)ccc1C1=NCCN1. The predicted molar refractivity (Wildman–Crippen MR) is 144 cm³/mol. The summed E-state index contributed by atoms with van der Waals surface area (Å²) in [6.45, 7) is 7.25. The number of carbonyl (C=O) groups excluding carboxylic acids is 2. The Morgan fingerprint density at radius 2 is 1.08 bits per heavy atom. The summed E-state index contributed by atoms with van der Waals surface area (Å²) in [7, 11) is 0. The van der Waals surface area contributed by atoms with E-state index in [2.05, 4.69) is 31.3 Å². The van der Waals surface area contributed by atoms with Gasteiger partial charge in [-0.15, -0.1) is 0 Å². The number of nitrogens with zero attached hydrogens (tertiary/aromatic N) is 2. The molecule has 2 heterocycles. The van der Waals surface area contributed by atoms with Crippen molar-refractivity contribution >= 4 is 34.9 Å². The van der Waals surface area contributed by atoms with E-state index in [0.717, 1.165) is 60.1 Å². The van der Waals surface area contributed by atoms with E-state index in [1.54, 1.807) is 24.3 Å². The zero-order valence-corrected chi connectivity index (χ0v) is 20.3. The standard InChI is InChI=1S/C28H28N6O2/c1-17-15-21(7-9-23(17)25-29-11-12-30-25)33-27(35)19-3-5-20(6-4-19)28(36)34-22-8-10-24(18(2)16-22)26-31-13-14-32-26/h3-10,15-16H,11-14H2,1-2H3,(H,29,30)(H,31,32)(H,33,35)(H,34,36). The zero-order valence-electron chi connectivity index (χ0n) is 20.3. The topological polar surface area (TPSA) is 107 Å². The first-order valence-electron chi connectivity index (χ1n) is 12.0. The Morgan fingerprint density at radius 3 is 1.42 bits per heavy atom. The fourth-order valence-electron chi connectivity index (χ4n) is 4.35. The first-order valence-corrected chi connectivity index (χ1v) is 12.0. The van der Waals surface area contributed by atoms with Crippen molar-refractivity contribution in [2.75, 3.05) is 36.8 Å². The normalized spacial score (nSPS) is 14.4. The number of nitrogens with one attached hydrogen (secondary N) is 4. The number of hydrogen-bond donors (Lipinski definition) is 4. The van der Waals surface area contributed by atoms with E-state index in [1.165, 1.54) is 0 Å². The molecular weight excluding hydrogens is 452 g/mol. The van der Waals surface area contributed by atoms with Crippen LogP contribution in [0, 0.1) is 13.8 Å². The lowest BCUT2D eigenvalue weighted by Crippen LogP contribution is -2.20. The molecule has 3 aromatic carbocycles. The van der Waals surface area contributed by atoms with Gasteiger partial charge in [0, 0.05) is 46.7 Å². The maximum absolute atomic E-state index is 12.8. The number of rotatable bonds is 6. The monoisotopic (exact) mass is 480 g/mol. The Balaban J connectivity index is 1.22. The lowest BCUT2D eigenvalue weighted by atomic mass is 10.1. The first kappa shape index (κ1) is 23.3. The molecule has 0 saturated carbocycles. The molecule has 2 aliphatic heterocycles. The molecule has 0 radical (unpaired) electrons. The third-order valence-electron chi connectivity index (χ3n) is 6.24. The number of amides is 2. The van der Waals surface area contributed by atoms with Crippen LogP contribution in [0.15, 0.2) is 70.6 Å². The van der Waals surface area contributed by atoms with Gasteiger partial charge < -0.3 is 21.3 Å². The largest absolute Gasteiger partial charge is 0.368 e. The second-order valence-electron chi connectivity index (χ2n) is 8.86. The summed E-state index contributed by atoms with van der Waals surface area (Å²) in [4.78, 5) is 34.4. The minimum atomic E-state index is -0.236. The van der Waals surface area contributed by atoms with Crippen LogP contribution < -0.4 is 21.3 Å². The lowest BCUT2D eigenvalue weighted by molar-refractivity contribution is 0.101. The number of amidine groups is 2. The summed E-state index contributed by atoms with van der Waals surface area (Å²) in [6.07, 6.45) is 0. The fourth-order valence-corrected chi connectivity index (χ4v) is 4.35. The maximum atomic E-state index is 12.8. The van der Waals surface area contributed by atoms with Crippen LogP contribution in [0.1, 0.15) is 43.0 Å². The fraction of sp³-hybridized carbons (Fsp3) is 0.214. The van der Waals surface area contributed by atoms with Crippen molar-refractivity contribution in [1.29, 1.82) is 0 Å². The molecule has 0 bridgehead atoms. The molecule has 4 N–H and O–H groups in total. The quantitative estimate of drug-likeness (QED) is 0.433. The molecule has 8 heteroatoms. The highest BCUT2D eigenvalue weighted by Crippen LogP contribution is 2.19. The van der Waals surface area contributed by atoms with Crippen molar-refractivity contribution in [3.05, 3.63) is 94.0 Å². The van der Waals surface area contributed by atoms with E-state index in [9.17, 15) is 9.59 Å². The third kappa shape index (κ3) is 4.98. The van der Waals surface area contributed by atoms with Gasteiger partial charge in [0.2, 0.25) is 0 Å². The number of aryl methyl sites for hydroxylation is 2. The van der Waals surface area contributed by atoms with E-state index in [1.807, 2.05) is 50.2 Å². The average Bonchev–Trinajstić information content (AvgIpc) is 3.59. The van der Waals surface area contributed by atoms with Gasteiger partial charge in [0.15, 0.2) is 0 Å². The predicted octanol–water partition coefficient (Wildman–Crippen LogP) is 3.51. The Bertz CT molecular complexity index is 1290. The molecule has 0 saturated heterocycles. The van der Waals surface area contributed by atoms with Crippen LogP contribution >= 0.6 is 0 Å². The molecule has 8 nitrogen and oxygen atoms in total. The number of carbonyl (C=O) groups is 2. The van der Waals surface area contributed by atoms with E-state index in [0.29, 0.717) is 22.5 Å². The van der Waals surface area contributed by atoms with E-state index >= 15 is 0 Å². The van der Waals surface area contributed by atoms with Crippen molar-refractivity contribution in [3.63, 3.8) is 0 Å². The Kier molecular flexibility index (Phi) is 6.49. The van der Waals surface area contributed by atoms with Crippen LogP contribution in [0.5, 0.6) is 0 Å². The second kappa shape index (κ2) is 10.0. The zero-order chi connectivity index (χ0) is 25.1. The van der Waals surface area contributed by atoms with Crippen molar-refractivity contribution in [2.24, 2.45) is 9.98 Å². The van der Waals surface area contributed by atoms with E-state index < -0.39 is 0 Å². The molecule has 5 rings (SSSR count). The highest BCUT2D eigenvalue weighted by atomic mass is 16.2. The van der Waals surface area contributed by atoms with Crippen molar-refractivity contribution in [1.82, 2.24) is 10.6 Å². The van der Waals surface area contributed by atoms with Gasteiger partial charge in [0.25, 0.3) is 11.8 Å². The molecule has 2 aliphatic rings. The molecule has 182 valence electrons. The second-order valence-corrected chi connectivity index (χ2v) is 8.86. The number of hydrogen-bond acceptors (Lipinski definition) is 6. The summed E-state index contributed by atoms with van der Waals surface area (Å²) in [5.41, 5.74) is 6.50. The summed E-state index contributed by atoms with van der Waals surface area (Å²) in [5.74, 6) is 1.32. The van der Waals surface area contributed by atoms with E-state index in [-0.39, 0.29) is 11.8 Å². The molecular formula is C28H28N6O2. The summed E-state index contributed by atoms with van der Waals surface area (Å²) in [5, 5.41) is 12.4. The van der Waals surface area contributed by atoms with Crippen LogP contribution in [0.4, 0.5) is 11.4 Å². The van der Waals surface area contributed by atoms with Crippen LogP contribution in [-0.2, 0) is 0 Å². The van der Waals surface area contributed by atoms with Crippen molar-refractivity contribution in [3.8, 4) is 0 Å². The van der Waals surface area contributed by atoms with Crippen LogP contribution in [0.25, 0.3) is 0 Å². The third-order valence-corrected chi connectivity index (χ3v) is 6.24. The molecule has 2 amide bonds. The van der Waals surface area contributed by atoms with Gasteiger partial charge in [-0.1, -0.05) is 0 Å². The highest BCUT2D eigenvalue weighted by molar-refractivity contribution is 6.08. The molecule has 3 aromatic rings. The average molecular weight is 481 g/mol. The Hall–Kier alpha value is -4.46. The van der Waals surface area contributed by atoms with Gasteiger partial charge in [-0.05, 0) is 85.6 Å². The molecule has 0 fully saturated rings. The number of anilines is 2. The van der Waals surface area contributed by atoms with Gasteiger partial charge in [0.05, 0.1) is 13.1 Å².